The van der Waals surface area contributed by atoms with Gasteiger partial charge in [-0.25, -0.2) is 0 Å². The van der Waals surface area contributed by atoms with Crippen LogP contribution in [-0.4, -0.2) is 5.91 Å². The van der Waals surface area contributed by atoms with E-state index in [-0.39, 0.29) is 18.3 Å². The summed E-state index contributed by atoms with van der Waals surface area (Å²) in [6, 6.07) is 11.3. The maximum Gasteiger partial charge on any atom is 0.305 e. The summed E-state index contributed by atoms with van der Waals surface area (Å²) in [5, 5.41) is 0. The maximum absolute atomic E-state index is 11.9. The van der Waals surface area contributed by atoms with Crippen LogP contribution < -0.4 is 22.5 Å². The molecule has 18 heavy (non-hydrogen) atoms. The Balaban J connectivity index is 0.00000162. The Morgan fingerprint density at radius 1 is 1.06 bits per heavy atom. The summed E-state index contributed by atoms with van der Waals surface area (Å²) in [6.45, 7) is 4.03. The molecule has 2 rings (SSSR count). The van der Waals surface area contributed by atoms with Gasteiger partial charge in [0.1, 0.15) is 0 Å². The van der Waals surface area contributed by atoms with E-state index in [1.165, 1.54) is 5.56 Å². The summed E-state index contributed by atoms with van der Waals surface area (Å²) in [4.78, 5) is 11.9. The standard InChI is InChI=1S/C14H14N2O.ClH/c1-11-6-7-13(10-12(11)2)14(17)15-16-8-4-3-5-9-16;/h3-10H,1-2H3;1H. The molecule has 0 radical (unpaired) electrons. The molecule has 0 aliphatic heterocycles. The summed E-state index contributed by atoms with van der Waals surface area (Å²) in [7, 11) is 0. The second-order valence-corrected chi connectivity index (χ2v) is 4.02. The highest BCUT2D eigenvalue weighted by atomic mass is 35.5. The molecule has 0 atom stereocenters. The van der Waals surface area contributed by atoms with E-state index in [4.69, 9.17) is 0 Å². The van der Waals surface area contributed by atoms with Crippen LogP contribution in [0.5, 0.6) is 0 Å². The first-order chi connectivity index (χ1) is 8.16. The van der Waals surface area contributed by atoms with Crippen LogP contribution in [0.1, 0.15) is 21.5 Å². The SMILES string of the molecule is Cc1ccc(C(=O)N[n+]2ccccc2)cc1C.[Cl-]. The van der Waals surface area contributed by atoms with Crippen molar-refractivity contribution in [3.05, 3.63) is 65.5 Å². The summed E-state index contributed by atoms with van der Waals surface area (Å²) in [5.41, 5.74) is 5.76. The highest BCUT2D eigenvalue weighted by Crippen LogP contribution is 2.09. The van der Waals surface area contributed by atoms with Crippen LogP contribution in [-0.2, 0) is 0 Å². The van der Waals surface area contributed by atoms with Gasteiger partial charge >= 0.3 is 5.91 Å². The third-order valence-electron chi connectivity index (χ3n) is 2.72. The van der Waals surface area contributed by atoms with Gasteiger partial charge in [-0.2, -0.15) is 0 Å². The second-order valence-electron chi connectivity index (χ2n) is 4.02. The largest absolute Gasteiger partial charge is 1.00 e. The first kappa shape index (κ1) is 14.2. The lowest BCUT2D eigenvalue weighted by molar-refractivity contribution is -0.641. The molecule has 0 bridgehead atoms. The van der Waals surface area contributed by atoms with Gasteiger partial charge in [0.15, 0.2) is 12.4 Å². The molecule has 0 fully saturated rings. The number of aromatic nitrogens is 1. The Morgan fingerprint density at radius 2 is 1.72 bits per heavy atom. The number of hydrogen-bond acceptors (Lipinski definition) is 1. The lowest BCUT2D eigenvalue weighted by Gasteiger charge is -2.03. The Kier molecular flexibility index (Phi) is 4.86. The minimum absolute atomic E-state index is 0. The molecule has 3 nitrogen and oxygen atoms in total. The van der Waals surface area contributed by atoms with E-state index in [2.05, 4.69) is 5.43 Å². The second kappa shape index (κ2) is 6.17. The van der Waals surface area contributed by atoms with Gasteiger partial charge in [-0.15, -0.1) is 5.43 Å². The zero-order valence-corrected chi connectivity index (χ0v) is 11.1. The third kappa shape index (κ3) is 3.31. The van der Waals surface area contributed by atoms with Crippen LogP contribution >= 0.6 is 0 Å². The van der Waals surface area contributed by atoms with Gasteiger partial charge in [-0.05, 0) is 37.1 Å². The third-order valence-corrected chi connectivity index (χ3v) is 2.72. The molecule has 0 saturated carbocycles. The van der Waals surface area contributed by atoms with E-state index in [1.807, 2.05) is 50.2 Å². The summed E-state index contributed by atoms with van der Waals surface area (Å²) >= 11 is 0. The number of halogens is 1. The number of pyridine rings is 1. The monoisotopic (exact) mass is 262 g/mol. The van der Waals surface area contributed by atoms with Crippen molar-refractivity contribution >= 4 is 5.91 Å². The molecule has 94 valence electrons. The molecule has 0 spiro atoms. The van der Waals surface area contributed by atoms with Crippen molar-refractivity contribution in [2.24, 2.45) is 0 Å². The van der Waals surface area contributed by atoms with Crippen LogP contribution in [0, 0.1) is 13.8 Å². The van der Waals surface area contributed by atoms with Crippen molar-refractivity contribution in [1.29, 1.82) is 0 Å². The lowest BCUT2D eigenvalue weighted by atomic mass is 10.1. The number of nitrogens with zero attached hydrogens (tertiary/aromatic N) is 1. The predicted molar refractivity (Wildman–Crippen MR) is 66.2 cm³/mol. The Morgan fingerprint density at radius 3 is 2.33 bits per heavy atom. The average Bonchev–Trinajstić information content (AvgIpc) is 2.34. The lowest BCUT2D eigenvalue weighted by Crippen LogP contribution is -3.00. The number of benzene rings is 1. The van der Waals surface area contributed by atoms with Crippen molar-refractivity contribution in [2.75, 3.05) is 5.43 Å². The van der Waals surface area contributed by atoms with Gasteiger partial charge in [0.25, 0.3) is 0 Å². The molecule has 1 N–H and O–H groups in total. The highest BCUT2D eigenvalue weighted by Gasteiger charge is 2.10. The quantitative estimate of drug-likeness (QED) is 0.691. The van der Waals surface area contributed by atoms with E-state index in [9.17, 15) is 4.79 Å². The van der Waals surface area contributed by atoms with Crippen molar-refractivity contribution in [3.8, 4) is 0 Å². The van der Waals surface area contributed by atoms with Gasteiger partial charge in [-0.1, -0.05) is 16.8 Å². The van der Waals surface area contributed by atoms with E-state index in [0.29, 0.717) is 5.56 Å². The fourth-order valence-corrected chi connectivity index (χ4v) is 1.54. The normalized spacial score (nSPS) is 9.44. The smallest absolute Gasteiger partial charge is 0.305 e. The van der Waals surface area contributed by atoms with Gasteiger partial charge in [0.2, 0.25) is 0 Å². The first-order valence-electron chi connectivity index (χ1n) is 5.52. The zero-order chi connectivity index (χ0) is 12.3. The first-order valence-corrected chi connectivity index (χ1v) is 5.52. The summed E-state index contributed by atoms with van der Waals surface area (Å²) in [6.07, 6.45) is 3.58. The molecule has 0 saturated heterocycles. The van der Waals surface area contributed by atoms with E-state index in [1.54, 1.807) is 17.1 Å². The van der Waals surface area contributed by atoms with Crippen LogP contribution in [0.4, 0.5) is 0 Å². The number of nitrogens with one attached hydrogen (secondary N) is 1. The molecule has 0 aliphatic carbocycles. The maximum atomic E-state index is 11.9. The van der Waals surface area contributed by atoms with Gasteiger partial charge in [0.05, 0.1) is 0 Å². The van der Waals surface area contributed by atoms with E-state index in [0.717, 1.165) is 5.56 Å². The predicted octanol–water partition coefficient (Wildman–Crippen LogP) is -1.02. The number of hydrogen-bond donors (Lipinski definition) is 1. The molecule has 0 unspecified atom stereocenters. The number of carbonyl (C=O) groups excluding carboxylic acids is 1. The van der Waals surface area contributed by atoms with Crippen molar-refractivity contribution < 1.29 is 21.9 Å². The van der Waals surface area contributed by atoms with Gasteiger partial charge in [-0.3, -0.25) is 4.79 Å². The molecule has 1 aromatic heterocycles. The van der Waals surface area contributed by atoms with Crippen LogP contribution in [0.15, 0.2) is 48.8 Å². The molecule has 4 heteroatoms. The minimum Gasteiger partial charge on any atom is -1.00 e. The van der Waals surface area contributed by atoms with E-state index >= 15 is 0 Å². The van der Waals surface area contributed by atoms with E-state index < -0.39 is 0 Å². The Labute approximate surface area is 113 Å². The van der Waals surface area contributed by atoms with Crippen molar-refractivity contribution in [3.63, 3.8) is 0 Å². The topological polar surface area (TPSA) is 33.0 Å². The van der Waals surface area contributed by atoms with Gasteiger partial charge < -0.3 is 12.4 Å². The fourth-order valence-electron chi connectivity index (χ4n) is 1.54. The van der Waals surface area contributed by atoms with Crippen LogP contribution in [0.2, 0.25) is 0 Å². The van der Waals surface area contributed by atoms with Gasteiger partial charge in [0, 0.05) is 17.7 Å². The molecular weight excluding hydrogens is 248 g/mol. The molecule has 1 heterocycles. The molecule has 1 amide bonds. The molecule has 2 aromatic rings. The zero-order valence-electron chi connectivity index (χ0n) is 10.4. The number of rotatable bonds is 2. The highest BCUT2D eigenvalue weighted by molar-refractivity contribution is 5.98. The van der Waals surface area contributed by atoms with Crippen molar-refractivity contribution in [2.45, 2.75) is 13.8 Å². The van der Waals surface area contributed by atoms with Crippen LogP contribution in [0.25, 0.3) is 0 Å². The van der Waals surface area contributed by atoms with Crippen molar-refractivity contribution in [1.82, 2.24) is 0 Å². The number of amides is 1. The molecule has 1 aromatic carbocycles. The summed E-state index contributed by atoms with van der Waals surface area (Å²) < 4.78 is 1.64. The minimum atomic E-state index is -0.107. The Bertz CT molecular complexity index is 541. The fraction of sp³-hybridized carbons (Fsp3) is 0.143. The Hall–Kier alpha value is -1.87. The average molecular weight is 263 g/mol. The van der Waals surface area contributed by atoms with Crippen LogP contribution in [0.3, 0.4) is 0 Å². The number of aryl methyl sites for hydroxylation is 2. The number of carbonyl (C=O) groups is 1. The molecular formula is C14H15ClN2O. The molecule has 0 aliphatic rings. The summed E-state index contributed by atoms with van der Waals surface area (Å²) in [5.74, 6) is -0.107.